The van der Waals surface area contributed by atoms with E-state index in [1.807, 2.05) is 0 Å². The Balaban J connectivity index is 1.10. The highest BCUT2D eigenvalue weighted by molar-refractivity contribution is 5.73. The van der Waals surface area contributed by atoms with E-state index in [0.717, 1.165) is 62.7 Å². The van der Waals surface area contributed by atoms with Gasteiger partial charge in [-0.2, -0.15) is 0 Å². The number of carbonyl (C=O) groups is 2. The molecule has 0 radical (unpaired) electrons. The van der Waals surface area contributed by atoms with E-state index in [-0.39, 0.29) is 36.0 Å². The summed E-state index contributed by atoms with van der Waals surface area (Å²) in [6.45, 7) is 4.45. The minimum atomic E-state index is -0.0141. The Labute approximate surface area is 233 Å². The molecule has 0 N–H and O–H groups in total. The average Bonchev–Trinajstić information content (AvgIpc) is 2.97. The second-order valence-corrected chi connectivity index (χ2v) is 13.6. The van der Waals surface area contributed by atoms with Gasteiger partial charge in [0.25, 0.3) is 0 Å². The molecule has 1 atom stereocenters. The van der Waals surface area contributed by atoms with E-state index in [9.17, 15) is 9.59 Å². The molecule has 4 aliphatic carbocycles. The topological polar surface area (TPSA) is 52.6 Å². The minimum absolute atomic E-state index is 0.000477. The van der Waals surface area contributed by atoms with Gasteiger partial charge in [-0.3, -0.25) is 9.59 Å². The lowest BCUT2D eigenvalue weighted by Gasteiger charge is -2.38. The maximum absolute atomic E-state index is 13.0. The number of esters is 2. The Kier molecular flexibility index (Phi) is 12.3. The molecule has 1 unspecified atom stereocenters. The fourth-order valence-corrected chi connectivity index (χ4v) is 8.40. The molecule has 4 heteroatoms. The van der Waals surface area contributed by atoms with Crippen LogP contribution < -0.4 is 0 Å². The van der Waals surface area contributed by atoms with Crippen molar-refractivity contribution in [3.8, 4) is 0 Å². The third kappa shape index (κ3) is 8.72. The zero-order valence-corrected chi connectivity index (χ0v) is 24.8. The normalized spacial score (nSPS) is 33.8. The van der Waals surface area contributed by atoms with Gasteiger partial charge in [-0.05, 0) is 107 Å². The Morgan fingerprint density at radius 3 is 1.84 bits per heavy atom. The van der Waals surface area contributed by atoms with Crippen molar-refractivity contribution in [2.45, 2.75) is 167 Å². The average molecular weight is 531 g/mol. The van der Waals surface area contributed by atoms with Crippen molar-refractivity contribution in [1.29, 1.82) is 0 Å². The van der Waals surface area contributed by atoms with Gasteiger partial charge in [0.05, 0.1) is 11.8 Å². The number of unbranched alkanes of at least 4 members (excludes halogenated alkanes) is 2. The van der Waals surface area contributed by atoms with Crippen LogP contribution in [0, 0.1) is 35.5 Å². The third-order valence-corrected chi connectivity index (χ3v) is 11.0. The van der Waals surface area contributed by atoms with E-state index in [1.54, 1.807) is 0 Å². The lowest BCUT2D eigenvalue weighted by atomic mass is 9.68. The zero-order chi connectivity index (χ0) is 26.7. The molecule has 0 amide bonds. The lowest BCUT2D eigenvalue weighted by Crippen LogP contribution is -2.35. The molecule has 4 aliphatic rings. The molecule has 0 aromatic carbocycles. The summed E-state index contributed by atoms with van der Waals surface area (Å²) < 4.78 is 12.0. The monoisotopic (exact) mass is 530 g/mol. The summed E-state index contributed by atoms with van der Waals surface area (Å²) in [5, 5.41) is 0. The molecule has 4 saturated carbocycles. The van der Waals surface area contributed by atoms with Gasteiger partial charge in [-0.25, -0.2) is 0 Å². The van der Waals surface area contributed by atoms with Crippen molar-refractivity contribution >= 4 is 11.9 Å². The van der Waals surface area contributed by atoms with Crippen LogP contribution in [0.1, 0.15) is 155 Å². The summed E-state index contributed by atoms with van der Waals surface area (Å²) in [4.78, 5) is 25.9. The van der Waals surface area contributed by atoms with Crippen LogP contribution in [0.5, 0.6) is 0 Å². The molecule has 4 rings (SSSR count). The van der Waals surface area contributed by atoms with Gasteiger partial charge < -0.3 is 9.47 Å². The summed E-state index contributed by atoms with van der Waals surface area (Å²) >= 11 is 0. The van der Waals surface area contributed by atoms with Gasteiger partial charge in [0, 0.05) is 0 Å². The van der Waals surface area contributed by atoms with Crippen LogP contribution in [-0.2, 0) is 19.1 Å². The molecule has 0 bridgehead atoms. The molecular formula is C34H58O4. The first-order valence-electron chi connectivity index (χ1n) is 17.0. The SMILES string of the molecule is CCCCCC1CCC(C2CCC(C(=O)OC3CCC(C(=O)OC(CC)C4CCCCC4)CC3)CC2)CC1. The van der Waals surface area contributed by atoms with E-state index >= 15 is 0 Å². The maximum Gasteiger partial charge on any atom is 0.309 e. The number of ether oxygens (including phenoxy) is 2. The predicted molar refractivity (Wildman–Crippen MR) is 154 cm³/mol. The summed E-state index contributed by atoms with van der Waals surface area (Å²) in [6.07, 6.45) is 26.3. The summed E-state index contributed by atoms with van der Waals surface area (Å²) in [5.74, 6) is 3.38. The van der Waals surface area contributed by atoms with Crippen molar-refractivity contribution in [1.82, 2.24) is 0 Å². The van der Waals surface area contributed by atoms with E-state index in [0.29, 0.717) is 5.92 Å². The number of rotatable bonds is 11. The number of hydrogen-bond acceptors (Lipinski definition) is 4. The lowest BCUT2D eigenvalue weighted by molar-refractivity contribution is -0.163. The Morgan fingerprint density at radius 1 is 0.658 bits per heavy atom. The molecule has 218 valence electrons. The summed E-state index contributed by atoms with van der Waals surface area (Å²) in [6, 6.07) is 0. The molecule has 0 heterocycles. The van der Waals surface area contributed by atoms with Gasteiger partial charge in [-0.1, -0.05) is 71.6 Å². The van der Waals surface area contributed by atoms with Gasteiger partial charge in [0.1, 0.15) is 12.2 Å². The number of hydrogen-bond donors (Lipinski definition) is 0. The summed E-state index contributed by atoms with van der Waals surface area (Å²) in [5.41, 5.74) is 0. The van der Waals surface area contributed by atoms with Crippen molar-refractivity contribution in [2.75, 3.05) is 0 Å². The second-order valence-electron chi connectivity index (χ2n) is 13.6. The highest BCUT2D eigenvalue weighted by atomic mass is 16.5. The van der Waals surface area contributed by atoms with Crippen LogP contribution >= 0.6 is 0 Å². The predicted octanol–water partition coefficient (Wildman–Crippen LogP) is 9.18. The molecule has 4 fully saturated rings. The number of carbonyl (C=O) groups excluding carboxylic acids is 2. The quantitative estimate of drug-likeness (QED) is 0.197. The molecule has 38 heavy (non-hydrogen) atoms. The van der Waals surface area contributed by atoms with Crippen LogP contribution in [-0.4, -0.2) is 24.1 Å². The largest absolute Gasteiger partial charge is 0.462 e. The molecule has 0 aromatic heterocycles. The van der Waals surface area contributed by atoms with Gasteiger partial charge in [0.2, 0.25) is 0 Å². The van der Waals surface area contributed by atoms with E-state index in [2.05, 4.69) is 13.8 Å². The van der Waals surface area contributed by atoms with Gasteiger partial charge in [-0.15, -0.1) is 0 Å². The van der Waals surface area contributed by atoms with E-state index in [4.69, 9.17) is 9.47 Å². The highest BCUT2D eigenvalue weighted by Crippen LogP contribution is 2.43. The van der Waals surface area contributed by atoms with Crippen molar-refractivity contribution in [2.24, 2.45) is 35.5 Å². The fraction of sp³-hybridized carbons (Fsp3) is 0.941. The van der Waals surface area contributed by atoms with E-state index in [1.165, 1.54) is 96.3 Å². The zero-order valence-electron chi connectivity index (χ0n) is 24.8. The van der Waals surface area contributed by atoms with Gasteiger partial charge in [0.15, 0.2) is 0 Å². The van der Waals surface area contributed by atoms with Crippen molar-refractivity contribution in [3.63, 3.8) is 0 Å². The maximum atomic E-state index is 13.0. The van der Waals surface area contributed by atoms with Gasteiger partial charge >= 0.3 is 11.9 Å². The smallest absolute Gasteiger partial charge is 0.309 e. The van der Waals surface area contributed by atoms with Crippen LogP contribution in [0.3, 0.4) is 0 Å². The van der Waals surface area contributed by atoms with Crippen LogP contribution in [0.25, 0.3) is 0 Å². The van der Waals surface area contributed by atoms with Crippen LogP contribution in [0.15, 0.2) is 0 Å². The fourth-order valence-electron chi connectivity index (χ4n) is 8.40. The molecule has 0 aromatic rings. The molecule has 0 saturated heterocycles. The van der Waals surface area contributed by atoms with Crippen molar-refractivity contribution < 1.29 is 19.1 Å². The van der Waals surface area contributed by atoms with Crippen LogP contribution in [0.4, 0.5) is 0 Å². The van der Waals surface area contributed by atoms with Crippen molar-refractivity contribution in [3.05, 3.63) is 0 Å². The Hall–Kier alpha value is -1.06. The minimum Gasteiger partial charge on any atom is -0.462 e. The second kappa shape index (κ2) is 15.7. The first kappa shape index (κ1) is 29.9. The summed E-state index contributed by atoms with van der Waals surface area (Å²) in [7, 11) is 0. The Morgan fingerprint density at radius 2 is 1.24 bits per heavy atom. The first-order chi connectivity index (χ1) is 18.6. The molecule has 0 spiro atoms. The molecule has 4 nitrogen and oxygen atoms in total. The van der Waals surface area contributed by atoms with E-state index < -0.39 is 0 Å². The molecule has 0 aliphatic heterocycles. The standard InChI is InChI=1S/C34H58O4/c1-3-5-7-10-25-13-15-26(16-14-25)27-17-19-29(20-18-27)33(35)37-31-23-21-30(22-24-31)34(36)38-32(4-2)28-11-8-6-9-12-28/h25-32H,3-24H2,1-2H3. The highest BCUT2D eigenvalue weighted by Gasteiger charge is 2.36. The Bertz CT molecular complexity index is 689. The van der Waals surface area contributed by atoms with Crippen LogP contribution in [0.2, 0.25) is 0 Å². The molecular weight excluding hydrogens is 472 g/mol. The third-order valence-electron chi connectivity index (χ3n) is 11.0. The first-order valence-corrected chi connectivity index (χ1v) is 17.0.